The first-order valence-electron chi connectivity index (χ1n) is 8.26. The first-order valence-corrected chi connectivity index (χ1v) is 9.14. The fourth-order valence-electron chi connectivity index (χ4n) is 3.39. The Morgan fingerprint density at radius 1 is 1.21 bits per heavy atom. The Morgan fingerprint density at radius 3 is 2.71 bits per heavy atom. The number of carbonyl (C=O) groups excluding carboxylic acids is 1. The number of ether oxygens (including phenoxy) is 1. The molecule has 1 amide bonds. The monoisotopic (exact) mass is 347 g/mol. The van der Waals surface area contributed by atoms with E-state index in [0.717, 1.165) is 29.1 Å². The average Bonchev–Trinajstić information content (AvgIpc) is 3.11. The van der Waals surface area contributed by atoms with Crippen LogP contribution in [-0.4, -0.2) is 65.7 Å². The number of thiophene rings is 1. The minimum absolute atomic E-state index is 0.0643. The van der Waals surface area contributed by atoms with Crippen molar-refractivity contribution in [2.45, 2.75) is 18.4 Å². The van der Waals surface area contributed by atoms with E-state index in [9.17, 15) is 4.79 Å². The minimum atomic E-state index is -0.754. The Kier molecular flexibility index (Phi) is 4.11. The molecule has 2 aliphatic heterocycles. The topological polar surface area (TPSA) is 84.6 Å². The average molecular weight is 347 g/mol. The van der Waals surface area contributed by atoms with Crippen LogP contribution in [0.25, 0.3) is 10.2 Å². The molecule has 4 heterocycles. The van der Waals surface area contributed by atoms with Gasteiger partial charge in [0.2, 0.25) is 5.91 Å². The van der Waals surface area contributed by atoms with Crippen LogP contribution in [0.1, 0.15) is 12.8 Å². The molecule has 2 aromatic rings. The highest BCUT2D eigenvalue weighted by Crippen LogP contribution is 2.29. The SMILES string of the molecule is NC1(C(=O)N2CCN(c3ncnc4ccsc34)CC2)CCOCC1. The van der Waals surface area contributed by atoms with Crippen LogP contribution >= 0.6 is 11.3 Å². The summed E-state index contributed by atoms with van der Waals surface area (Å²) in [4.78, 5) is 25.7. The van der Waals surface area contributed by atoms with Gasteiger partial charge in [0.1, 0.15) is 12.1 Å². The van der Waals surface area contributed by atoms with Crippen molar-refractivity contribution in [1.82, 2.24) is 14.9 Å². The molecule has 0 saturated carbocycles. The van der Waals surface area contributed by atoms with E-state index in [1.807, 2.05) is 16.3 Å². The van der Waals surface area contributed by atoms with Gasteiger partial charge in [-0.2, -0.15) is 0 Å². The number of amides is 1. The number of hydrogen-bond acceptors (Lipinski definition) is 7. The van der Waals surface area contributed by atoms with E-state index in [4.69, 9.17) is 10.5 Å². The number of rotatable bonds is 2. The zero-order valence-corrected chi connectivity index (χ0v) is 14.3. The van der Waals surface area contributed by atoms with Crippen molar-refractivity contribution in [1.29, 1.82) is 0 Å². The Labute approximate surface area is 144 Å². The van der Waals surface area contributed by atoms with Crippen LogP contribution in [0.2, 0.25) is 0 Å². The number of hydrogen-bond donors (Lipinski definition) is 1. The van der Waals surface area contributed by atoms with E-state index in [-0.39, 0.29) is 5.91 Å². The largest absolute Gasteiger partial charge is 0.381 e. The highest BCUT2D eigenvalue weighted by Gasteiger charge is 2.39. The van der Waals surface area contributed by atoms with Gasteiger partial charge in [-0.25, -0.2) is 9.97 Å². The molecule has 2 aliphatic rings. The summed E-state index contributed by atoms with van der Waals surface area (Å²) in [6, 6.07) is 2.01. The smallest absolute Gasteiger partial charge is 0.242 e. The lowest BCUT2D eigenvalue weighted by molar-refractivity contribution is -0.140. The third-order valence-corrected chi connectivity index (χ3v) is 5.80. The summed E-state index contributed by atoms with van der Waals surface area (Å²) >= 11 is 1.66. The van der Waals surface area contributed by atoms with Crippen molar-refractivity contribution < 1.29 is 9.53 Å². The number of nitrogens with two attached hydrogens (primary N) is 1. The highest BCUT2D eigenvalue weighted by atomic mass is 32.1. The van der Waals surface area contributed by atoms with E-state index in [1.54, 1.807) is 17.7 Å². The second-order valence-corrected chi connectivity index (χ2v) is 7.30. The maximum Gasteiger partial charge on any atom is 0.242 e. The van der Waals surface area contributed by atoms with Crippen LogP contribution in [0.4, 0.5) is 5.82 Å². The number of piperazine rings is 1. The highest BCUT2D eigenvalue weighted by molar-refractivity contribution is 7.17. The molecule has 8 heteroatoms. The van der Waals surface area contributed by atoms with E-state index < -0.39 is 5.54 Å². The molecule has 0 aromatic carbocycles. The zero-order valence-electron chi connectivity index (χ0n) is 13.5. The first kappa shape index (κ1) is 15.7. The molecule has 0 atom stereocenters. The van der Waals surface area contributed by atoms with Gasteiger partial charge in [0.15, 0.2) is 0 Å². The standard InChI is InChI=1S/C16H21N5O2S/c17-16(2-8-23-9-3-16)15(22)21-6-4-20(5-7-21)14-13-12(1-10-24-13)18-11-19-14/h1,10-11H,2-9,17H2. The maximum atomic E-state index is 12.8. The number of nitrogens with zero attached hydrogens (tertiary/aromatic N) is 4. The summed E-state index contributed by atoms with van der Waals surface area (Å²) < 4.78 is 6.45. The second kappa shape index (κ2) is 6.27. The summed E-state index contributed by atoms with van der Waals surface area (Å²) in [6.07, 6.45) is 2.82. The summed E-state index contributed by atoms with van der Waals surface area (Å²) in [5, 5.41) is 2.03. The molecule has 128 valence electrons. The van der Waals surface area contributed by atoms with E-state index in [2.05, 4.69) is 14.9 Å². The molecular formula is C16H21N5O2S. The molecule has 4 rings (SSSR count). The van der Waals surface area contributed by atoms with Gasteiger partial charge in [-0.05, 0) is 24.3 Å². The molecule has 2 saturated heterocycles. The van der Waals surface area contributed by atoms with Crippen molar-refractivity contribution in [3.05, 3.63) is 17.8 Å². The lowest BCUT2D eigenvalue weighted by Gasteiger charge is -2.41. The third-order valence-electron chi connectivity index (χ3n) is 4.90. The van der Waals surface area contributed by atoms with Crippen molar-refractivity contribution in [3.8, 4) is 0 Å². The lowest BCUT2D eigenvalue weighted by atomic mass is 9.89. The Balaban J connectivity index is 1.45. The summed E-state index contributed by atoms with van der Waals surface area (Å²) in [7, 11) is 0. The maximum absolute atomic E-state index is 12.8. The quantitative estimate of drug-likeness (QED) is 0.867. The number of anilines is 1. The van der Waals surface area contributed by atoms with Crippen molar-refractivity contribution in [2.24, 2.45) is 5.73 Å². The van der Waals surface area contributed by atoms with Gasteiger partial charge in [0.25, 0.3) is 0 Å². The molecule has 0 bridgehead atoms. The molecule has 0 spiro atoms. The molecule has 7 nitrogen and oxygen atoms in total. The van der Waals surface area contributed by atoms with Crippen LogP contribution in [0, 0.1) is 0 Å². The van der Waals surface area contributed by atoms with E-state index in [0.29, 0.717) is 39.1 Å². The van der Waals surface area contributed by atoms with Gasteiger partial charge in [-0.1, -0.05) is 0 Å². The van der Waals surface area contributed by atoms with Crippen molar-refractivity contribution >= 4 is 33.3 Å². The van der Waals surface area contributed by atoms with Gasteiger partial charge < -0.3 is 20.3 Å². The second-order valence-electron chi connectivity index (χ2n) is 6.38. The molecule has 2 fully saturated rings. The van der Waals surface area contributed by atoms with Gasteiger partial charge in [0.05, 0.1) is 15.8 Å². The molecule has 0 unspecified atom stereocenters. The normalized spacial score (nSPS) is 21.2. The molecule has 2 N–H and O–H groups in total. The molecule has 24 heavy (non-hydrogen) atoms. The van der Waals surface area contributed by atoms with Crippen LogP contribution < -0.4 is 10.6 Å². The number of aromatic nitrogens is 2. The van der Waals surface area contributed by atoms with Gasteiger partial charge in [-0.3, -0.25) is 4.79 Å². The Bertz CT molecular complexity index is 735. The van der Waals surface area contributed by atoms with Gasteiger partial charge in [0, 0.05) is 39.4 Å². The summed E-state index contributed by atoms with van der Waals surface area (Å²) in [5.41, 5.74) is 6.56. The van der Waals surface area contributed by atoms with Crippen molar-refractivity contribution in [2.75, 3.05) is 44.3 Å². The molecular weight excluding hydrogens is 326 g/mol. The summed E-state index contributed by atoms with van der Waals surface area (Å²) in [5.74, 6) is 1.03. The van der Waals surface area contributed by atoms with Crippen LogP contribution in [-0.2, 0) is 9.53 Å². The predicted molar refractivity (Wildman–Crippen MR) is 93.2 cm³/mol. The lowest BCUT2D eigenvalue weighted by Crippen LogP contribution is -2.61. The van der Waals surface area contributed by atoms with Crippen LogP contribution in [0.5, 0.6) is 0 Å². The van der Waals surface area contributed by atoms with Crippen molar-refractivity contribution in [3.63, 3.8) is 0 Å². The van der Waals surface area contributed by atoms with Gasteiger partial charge >= 0.3 is 0 Å². The molecule has 0 radical (unpaired) electrons. The van der Waals surface area contributed by atoms with Gasteiger partial charge in [-0.15, -0.1) is 11.3 Å². The Morgan fingerprint density at radius 2 is 1.96 bits per heavy atom. The Hall–Kier alpha value is -1.77. The zero-order chi connectivity index (χ0) is 16.6. The predicted octanol–water partition coefficient (Wildman–Crippen LogP) is 0.848. The molecule has 0 aliphatic carbocycles. The van der Waals surface area contributed by atoms with Crippen LogP contribution in [0.3, 0.4) is 0 Å². The number of carbonyl (C=O) groups is 1. The third kappa shape index (κ3) is 2.74. The van der Waals surface area contributed by atoms with E-state index >= 15 is 0 Å². The summed E-state index contributed by atoms with van der Waals surface area (Å²) in [6.45, 7) is 4.02. The van der Waals surface area contributed by atoms with E-state index in [1.165, 1.54) is 0 Å². The molecule has 2 aromatic heterocycles. The minimum Gasteiger partial charge on any atom is -0.381 e. The first-order chi connectivity index (χ1) is 11.7. The number of fused-ring (bicyclic) bond motifs is 1. The fourth-order valence-corrected chi connectivity index (χ4v) is 4.25. The fraction of sp³-hybridized carbons (Fsp3) is 0.562. The van der Waals surface area contributed by atoms with Crippen LogP contribution in [0.15, 0.2) is 17.8 Å².